The topological polar surface area (TPSA) is 102 Å². The van der Waals surface area contributed by atoms with Crippen LogP contribution in [0.4, 0.5) is 5.69 Å². The number of nitro groups is 1. The van der Waals surface area contributed by atoms with Gasteiger partial charge >= 0.3 is 0 Å². The van der Waals surface area contributed by atoms with Gasteiger partial charge in [-0.3, -0.25) is 10.1 Å². The standard InChI is InChI=1S/C13H15N3O3/c14-8-9-1-4-12(7-13(9)16(17)18)19-11-5-2-10(15)3-6-11/h1,4,7,10-11H,2-3,5-6,15H2. The van der Waals surface area contributed by atoms with Crippen molar-refractivity contribution in [1.29, 1.82) is 5.26 Å². The molecule has 2 rings (SSSR count). The van der Waals surface area contributed by atoms with Gasteiger partial charge < -0.3 is 10.5 Å². The molecule has 100 valence electrons. The highest BCUT2D eigenvalue weighted by molar-refractivity contribution is 5.52. The molecule has 0 saturated heterocycles. The first kappa shape index (κ1) is 13.3. The van der Waals surface area contributed by atoms with E-state index in [0.717, 1.165) is 25.7 Å². The van der Waals surface area contributed by atoms with Crippen molar-refractivity contribution in [3.63, 3.8) is 0 Å². The van der Waals surface area contributed by atoms with Crippen LogP contribution in [0.2, 0.25) is 0 Å². The van der Waals surface area contributed by atoms with Gasteiger partial charge in [-0.1, -0.05) is 0 Å². The third-order valence-electron chi connectivity index (χ3n) is 3.31. The van der Waals surface area contributed by atoms with Crippen molar-refractivity contribution in [2.75, 3.05) is 0 Å². The summed E-state index contributed by atoms with van der Waals surface area (Å²) in [4.78, 5) is 10.3. The van der Waals surface area contributed by atoms with E-state index in [1.165, 1.54) is 12.1 Å². The normalized spacial score (nSPS) is 22.5. The van der Waals surface area contributed by atoms with Crippen molar-refractivity contribution >= 4 is 5.69 Å². The Morgan fingerprint density at radius 2 is 2.05 bits per heavy atom. The second-order valence-corrected chi connectivity index (χ2v) is 4.70. The lowest BCUT2D eigenvalue weighted by Gasteiger charge is -2.26. The van der Waals surface area contributed by atoms with Crippen LogP contribution < -0.4 is 10.5 Å². The molecule has 0 radical (unpaired) electrons. The van der Waals surface area contributed by atoms with Crippen LogP contribution in [0.15, 0.2) is 18.2 Å². The molecule has 0 amide bonds. The predicted molar refractivity (Wildman–Crippen MR) is 68.7 cm³/mol. The Morgan fingerprint density at radius 3 is 2.63 bits per heavy atom. The van der Waals surface area contributed by atoms with Crippen LogP contribution in [0.3, 0.4) is 0 Å². The van der Waals surface area contributed by atoms with Crippen molar-refractivity contribution in [3.05, 3.63) is 33.9 Å². The minimum absolute atomic E-state index is 0.0445. The monoisotopic (exact) mass is 261 g/mol. The number of nitro benzene ring substituents is 1. The Labute approximate surface area is 110 Å². The molecule has 0 bridgehead atoms. The SMILES string of the molecule is N#Cc1ccc(OC2CCC(N)CC2)cc1[N+](=O)[O-]. The summed E-state index contributed by atoms with van der Waals surface area (Å²) in [6.45, 7) is 0. The molecule has 1 aliphatic rings. The van der Waals surface area contributed by atoms with Crippen LogP contribution in [0, 0.1) is 21.4 Å². The zero-order valence-electron chi connectivity index (χ0n) is 10.4. The summed E-state index contributed by atoms with van der Waals surface area (Å²) in [6.07, 6.45) is 3.57. The highest BCUT2D eigenvalue weighted by Crippen LogP contribution is 2.27. The van der Waals surface area contributed by atoms with Gasteiger partial charge in [0.1, 0.15) is 17.4 Å². The molecule has 6 heteroatoms. The fraction of sp³-hybridized carbons (Fsp3) is 0.462. The first-order valence-corrected chi connectivity index (χ1v) is 6.21. The van der Waals surface area contributed by atoms with Gasteiger partial charge in [0.2, 0.25) is 0 Å². The molecule has 2 N–H and O–H groups in total. The summed E-state index contributed by atoms with van der Waals surface area (Å²) in [5.74, 6) is 0.436. The zero-order chi connectivity index (χ0) is 13.8. The quantitative estimate of drug-likeness (QED) is 0.663. The highest BCUT2D eigenvalue weighted by Gasteiger charge is 2.21. The minimum Gasteiger partial charge on any atom is -0.490 e. The first-order valence-electron chi connectivity index (χ1n) is 6.21. The molecule has 0 atom stereocenters. The smallest absolute Gasteiger partial charge is 0.290 e. The average Bonchev–Trinajstić information content (AvgIpc) is 2.41. The van der Waals surface area contributed by atoms with Crippen molar-refractivity contribution in [2.24, 2.45) is 5.73 Å². The van der Waals surface area contributed by atoms with Gasteiger partial charge in [0.05, 0.1) is 17.1 Å². The summed E-state index contributed by atoms with van der Waals surface area (Å²) in [5, 5.41) is 19.7. The number of hydrogen-bond acceptors (Lipinski definition) is 5. The van der Waals surface area contributed by atoms with Crippen molar-refractivity contribution < 1.29 is 9.66 Å². The number of nitriles is 1. The second-order valence-electron chi connectivity index (χ2n) is 4.70. The fourth-order valence-electron chi connectivity index (χ4n) is 2.23. The second kappa shape index (κ2) is 5.67. The lowest BCUT2D eigenvalue weighted by molar-refractivity contribution is -0.385. The number of ether oxygens (including phenoxy) is 1. The molecule has 1 aromatic carbocycles. The molecule has 0 heterocycles. The molecule has 1 fully saturated rings. The van der Waals surface area contributed by atoms with E-state index in [1.807, 2.05) is 0 Å². The number of nitrogens with two attached hydrogens (primary N) is 1. The Bertz CT molecular complexity index is 516. The largest absolute Gasteiger partial charge is 0.490 e. The van der Waals surface area contributed by atoms with E-state index >= 15 is 0 Å². The van der Waals surface area contributed by atoms with E-state index in [1.54, 1.807) is 12.1 Å². The van der Waals surface area contributed by atoms with Crippen LogP contribution >= 0.6 is 0 Å². The number of rotatable bonds is 3. The van der Waals surface area contributed by atoms with E-state index in [-0.39, 0.29) is 23.4 Å². The zero-order valence-corrected chi connectivity index (χ0v) is 10.4. The van der Waals surface area contributed by atoms with E-state index < -0.39 is 4.92 Å². The third-order valence-corrected chi connectivity index (χ3v) is 3.31. The lowest BCUT2D eigenvalue weighted by atomic mass is 9.94. The van der Waals surface area contributed by atoms with E-state index in [0.29, 0.717) is 5.75 Å². The minimum atomic E-state index is -0.567. The van der Waals surface area contributed by atoms with Crippen LogP contribution in [-0.2, 0) is 0 Å². The summed E-state index contributed by atoms with van der Waals surface area (Å²) in [6, 6.07) is 6.36. The molecule has 6 nitrogen and oxygen atoms in total. The van der Waals surface area contributed by atoms with Gasteiger partial charge in [0.15, 0.2) is 0 Å². The molecular formula is C13H15N3O3. The van der Waals surface area contributed by atoms with Crippen LogP contribution in [0.1, 0.15) is 31.2 Å². The molecule has 0 spiro atoms. The Morgan fingerprint density at radius 1 is 1.37 bits per heavy atom. The molecular weight excluding hydrogens is 246 g/mol. The fourth-order valence-corrected chi connectivity index (χ4v) is 2.23. The number of nitrogens with zero attached hydrogens (tertiary/aromatic N) is 2. The molecule has 1 aromatic rings. The molecule has 19 heavy (non-hydrogen) atoms. The molecule has 1 saturated carbocycles. The van der Waals surface area contributed by atoms with Crippen molar-refractivity contribution in [3.8, 4) is 11.8 Å². The van der Waals surface area contributed by atoms with Gasteiger partial charge in [-0.2, -0.15) is 5.26 Å². The van der Waals surface area contributed by atoms with Gasteiger partial charge in [-0.25, -0.2) is 0 Å². The Hall–Kier alpha value is -2.13. The van der Waals surface area contributed by atoms with Crippen molar-refractivity contribution in [1.82, 2.24) is 0 Å². The summed E-state index contributed by atoms with van der Waals surface area (Å²) in [5.41, 5.74) is 5.64. The molecule has 0 aliphatic heterocycles. The Kier molecular flexibility index (Phi) is 3.97. The van der Waals surface area contributed by atoms with Crippen LogP contribution in [0.5, 0.6) is 5.75 Å². The average molecular weight is 261 g/mol. The van der Waals surface area contributed by atoms with Gasteiger partial charge in [-0.15, -0.1) is 0 Å². The predicted octanol–water partition coefficient (Wildman–Crippen LogP) is 2.12. The maximum Gasteiger partial charge on any atom is 0.290 e. The molecule has 0 aromatic heterocycles. The van der Waals surface area contributed by atoms with Crippen LogP contribution in [-0.4, -0.2) is 17.1 Å². The summed E-state index contributed by atoms with van der Waals surface area (Å²) in [7, 11) is 0. The first-order chi connectivity index (χ1) is 9.10. The van der Waals surface area contributed by atoms with Crippen LogP contribution in [0.25, 0.3) is 0 Å². The number of benzene rings is 1. The Balaban J connectivity index is 2.11. The number of hydrogen-bond donors (Lipinski definition) is 1. The molecule has 0 unspecified atom stereocenters. The maximum absolute atomic E-state index is 10.9. The summed E-state index contributed by atoms with van der Waals surface area (Å²) < 4.78 is 5.72. The maximum atomic E-state index is 10.9. The molecule has 1 aliphatic carbocycles. The third kappa shape index (κ3) is 3.20. The highest BCUT2D eigenvalue weighted by atomic mass is 16.6. The van der Waals surface area contributed by atoms with E-state index in [4.69, 9.17) is 15.7 Å². The van der Waals surface area contributed by atoms with Crippen molar-refractivity contribution in [2.45, 2.75) is 37.8 Å². The van der Waals surface area contributed by atoms with Gasteiger partial charge in [-0.05, 0) is 37.8 Å². The van der Waals surface area contributed by atoms with E-state index in [2.05, 4.69) is 0 Å². The van der Waals surface area contributed by atoms with E-state index in [9.17, 15) is 10.1 Å². The lowest BCUT2D eigenvalue weighted by Crippen LogP contribution is -2.31. The van der Waals surface area contributed by atoms with Gasteiger partial charge in [0.25, 0.3) is 5.69 Å². The summed E-state index contributed by atoms with van der Waals surface area (Å²) >= 11 is 0. The van der Waals surface area contributed by atoms with Gasteiger partial charge in [0, 0.05) is 6.04 Å².